The number of carboxylic acids is 1. The molecule has 0 aromatic heterocycles. The van der Waals surface area contributed by atoms with Crippen molar-refractivity contribution in [3.63, 3.8) is 0 Å². The maximum atomic E-state index is 9.87. The number of hydrogen-bond donors (Lipinski definition) is 1. The van der Waals surface area contributed by atoms with Gasteiger partial charge in [-0.25, -0.2) is 12.1 Å². The van der Waals surface area contributed by atoms with Crippen molar-refractivity contribution in [2.24, 2.45) is 0 Å². The van der Waals surface area contributed by atoms with E-state index in [0.29, 0.717) is 5.56 Å². The van der Waals surface area contributed by atoms with E-state index in [2.05, 4.69) is 0 Å². The van der Waals surface area contributed by atoms with Crippen LogP contribution in [-0.4, -0.2) is 15.9 Å². The van der Waals surface area contributed by atoms with E-state index in [4.69, 9.17) is 9.90 Å². The molecule has 2 nitrogen and oxygen atoms in total. The zero-order valence-corrected chi connectivity index (χ0v) is 12.1. The Kier molecular flexibility index (Phi) is 7.43. The van der Waals surface area contributed by atoms with Gasteiger partial charge in [-0.2, -0.15) is 36.4 Å². The first-order chi connectivity index (χ1) is 8.75. The maximum absolute atomic E-state index is 10.7. The molecule has 2 aromatic carbocycles. The van der Waals surface area contributed by atoms with E-state index in [1.54, 1.807) is 24.3 Å². The minimum atomic E-state index is -10.7. The molecule has 0 heterocycles. The van der Waals surface area contributed by atoms with Gasteiger partial charge in [0.25, 0.3) is 0 Å². The molecule has 0 aliphatic carbocycles. The predicted octanol–water partition coefficient (Wildman–Crippen LogP) is 5.60. The van der Waals surface area contributed by atoms with Crippen LogP contribution in [0.15, 0.2) is 54.6 Å². The molecule has 1 radical (unpaired) electrons. The first-order valence-electron chi connectivity index (χ1n) is 4.96. The molecule has 0 fully saturated rings. The standard InChI is InChI=1S/C6H5O2.C5H5.Co.F6P/c7-6(8)5-3-1-2-4-5;1-2-4-5-3-1;;1-7(2,3,4,5)6/h1-4H,(H,7,8);1-5H;;/q2*-1;+2;-1/p+1. The molecule has 123 valence electrons. The normalized spacial score (nSPS) is 13.0. The third-order valence-corrected chi connectivity index (χ3v) is 1.48. The van der Waals surface area contributed by atoms with Gasteiger partial charge in [-0.1, -0.05) is 0 Å². The van der Waals surface area contributed by atoms with Gasteiger partial charge in [0.05, 0.1) is 0 Å². The van der Waals surface area contributed by atoms with Crippen LogP contribution in [0.5, 0.6) is 0 Å². The molecule has 0 saturated heterocycles. The van der Waals surface area contributed by atoms with Gasteiger partial charge in [0.15, 0.2) is 0 Å². The summed E-state index contributed by atoms with van der Waals surface area (Å²) in [4.78, 5) is 8.38. The van der Waals surface area contributed by atoms with Crippen molar-refractivity contribution in [2.75, 3.05) is 0 Å². The monoisotopic (exact) mass is 379 g/mol. The minimum Gasteiger partial charge on any atom is -0.379 e. The molecule has 0 bridgehead atoms. The van der Waals surface area contributed by atoms with Crippen molar-refractivity contribution >= 4 is 13.8 Å². The van der Waals surface area contributed by atoms with Crippen LogP contribution in [0.25, 0.3) is 0 Å². The molecule has 2 N–H and O–H groups in total. The van der Waals surface area contributed by atoms with E-state index < -0.39 is 13.8 Å². The molecule has 0 aliphatic rings. The second kappa shape index (κ2) is 7.10. The van der Waals surface area contributed by atoms with Crippen LogP contribution in [0.3, 0.4) is 0 Å². The molecule has 0 aliphatic heterocycles. The van der Waals surface area contributed by atoms with E-state index in [1.165, 1.54) is 0 Å². The quantitative estimate of drug-likeness (QED) is 0.298. The van der Waals surface area contributed by atoms with Crippen LogP contribution in [0.4, 0.5) is 25.2 Å². The summed E-state index contributed by atoms with van der Waals surface area (Å²) in [5.41, 5.74) is 0.463. The molecule has 0 spiro atoms. The van der Waals surface area contributed by atoms with E-state index in [9.17, 15) is 25.2 Å². The smallest absolute Gasteiger partial charge is 0.379 e. The Morgan fingerprint density at radius 3 is 1.52 bits per heavy atom. The Bertz CT molecular complexity index is 475. The maximum Gasteiger partial charge on any atom is 2.00 e. The number of rotatable bonds is 1. The second-order valence-corrected chi connectivity index (χ2v) is 5.33. The summed E-state index contributed by atoms with van der Waals surface area (Å²) in [7, 11) is -10.7. The Labute approximate surface area is 126 Å². The van der Waals surface area contributed by atoms with E-state index in [0.717, 1.165) is 0 Å². The van der Waals surface area contributed by atoms with Crippen molar-refractivity contribution in [2.45, 2.75) is 0 Å². The van der Waals surface area contributed by atoms with E-state index >= 15 is 0 Å². The molecule has 0 amide bonds. The van der Waals surface area contributed by atoms with Crippen molar-refractivity contribution in [1.29, 1.82) is 0 Å². The van der Waals surface area contributed by atoms with Gasteiger partial charge in [0.2, 0.25) is 0 Å². The summed E-state index contributed by atoms with van der Waals surface area (Å²) in [5, 5.41) is 8.38. The second-order valence-electron chi connectivity index (χ2n) is 3.42. The summed E-state index contributed by atoms with van der Waals surface area (Å²) >= 11 is 0. The molecule has 0 atom stereocenters. The zero-order chi connectivity index (χ0) is 15.9. The van der Waals surface area contributed by atoms with Crippen LogP contribution in [0.2, 0.25) is 0 Å². The van der Waals surface area contributed by atoms with Crippen molar-refractivity contribution in [3.8, 4) is 0 Å². The first kappa shape index (κ1) is 22.0. The van der Waals surface area contributed by atoms with Crippen LogP contribution < -0.4 is 0 Å². The van der Waals surface area contributed by atoms with Gasteiger partial charge in [0, 0.05) is 0 Å². The number of aliphatic hydroxyl groups excluding tert-OH is 1. The third kappa shape index (κ3) is 24.1. The molecular formula is C11H11CoF6O2P. The number of halogens is 6. The largest absolute Gasteiger partial charge is 2.00 e. The fourth-order valence-electron chi connectivity index (χ4n) is 0.844. The van der Waals surface area contributed by atoms with Gasteiger partial charge in [-0.15, -0.1) is 6.07 Å². The van der Waals surface area contributed by atoms with Gasteiger partial charge < -0.3 is 9.90 Å². The van der Waals surface area contributed by atoms with Crippen molar-refractivity contribution in [3.05, 3.63) is 60.2 Å². The Balaban J connectivity index is 0. The fourth-order valence-corrected chi connectivity index (χ4v) is 0.844. The minimum absolute atomic E-state index is 0. The van der Waals surface area contributed by atoms with Gasteiger partial charge in [-0.3, -0.25) is 0 Å². The van der Waals surface area contributed by atoms with Crippen LogP contribution >= 0.6 is 7.81 Å². The molecule has 2 rings (SSSR count). The van der Waals surface area contributed by atoms with Crippen molar-refractivity contribution < 1.29 is 51.9 Å². The predicted molar refractivity (Wildman–Crippen MR) is 66.3 cm³/mol. The number of aromatic carboxylic acids is 1. The summed E-state index contributed by atoms with van der Waals surface area (Å²) in [6.07, 6.45) is 0. The van der Waals surface area contributed by atoms with Crippen LogP contribution in [0.1, 0.15) is 5.56 Å². The Hall–Kier alpha value is -1.31. The summed E-state index contributed by atoms with van der Waals surface area (Å²) < 4.78 is 59.2. The summed E-state index contributed by atoms with van der Waals surface area (Å²) in [5.74, 6) is -0.616. The molecule has 21 heavy (non-hydrogen) atoms. The van der Waals surface area contributed by atoms with Gasteiger partial charge >= 0.3 is 55.7 Å². The zero-order valence-electron chi connectivity index (χ0n) is 10.1. The van der Waals surface area contributed by atoms with Crippen LogP contribution in [0, 0.1) is 0 Å². The molecule has 2 aromatic rings. The number of carboxylic acid groups (broad SMARTS) is 1. The Morgan fingerprint density at radius 2 is 1.38 bits per heavy atom. The molecule has 0 saturated carbocycles. The topological polar surface area (TPSA) is 41.6 Å². The average molecular weight is 379 g/mol. The number of hydrogen-bond acceptors (Lipinski definition) is 0. The van der Waals surface area contributed by atoms with Crippen LogP contribution in [-0.2, 0) is 16.8 Å². The summed E-state index contributed by atoms with van der Waals surface area (Å²) in [6.45, 7) is 0. The Morgan fingerprint density at radius 1 is 0.952 bits per heavy atom. The van der Waals surface area contributed by atoms with Gasteiger partial charge in [0.1, 0.15) is 0 Å². The molecule has 0 unspecified atom stereocenters. The van der Waals surface area contributed by atoms with Gasteiger partial charge in [-0.05, 0) is 5.56 Å². The molecular weight excluding hydrogens is 368 g/mol. The molecule has 10 heteroatoms. The average Bonchev–Trinajstić information content (AvgIpc) is 2.90. The van der Waals surface area contributed by atoms with E-state index in [1.807, 2.05) is 30.3 Å². The SMILES string of the molecule is F[P-](F)(F)(F)(F)F.OC(=[OH+])c1ccc[cH-]1.[Co+2].c1cc[cH-]c1. The van der Waals surface area contributed by atoms with Crippen molar-refractivity contribution in [1.82, 2.24) is 0 Å². The summed E-state index contributed by atoms with van der Waals surface area (Å²) in [6, 6.07) is 16.7. The first-order valence-corrected chi connectivity index (χ1v) is 6.98. The fraction of sp³-hybridized carbons (Fsp3) is 0. The third-order valence-electron chi connectivity index (χ3n) is 1.48. The van der Waals surface area contributed by atoms with E-state index in [-0.39, 0.29) is 16.8 Å².